The quantitative estimate of drug-likeness (QED) is 0.361. The molecule has 6 heteroatoms. The molecule has 17 heavy (non-hydrogen) atoms. The maximum Gasteiger partial charge on any atom is 0.162 e. The van der Waals surface area contributed by atoms with Gasteiger partial charge in [0.2, 0.25) is 0 Å². The summed E-state index contributed by atoms with van der Waals surface area (Å²) in [5, 5.41) is 11.3. The highest BCUT2D eigenvalue weighted by Gasteiger charge is 2.12. The Morgan fingerprint density at radius 2 is 2.18 bits per heavy atom. The van der Waals surface area contributed by atoms with Crippen LogP contribution in [0.25, 0.3) is 0 Å². The molecule has 0 aliphatic rings. The van der Waals surface area contributed by atoms with Crippen LogP contribution in [-0.2, 0) is 0 Å². The first-order chi connectivity index (χ1) is 8.06. The van der Waals surface area contributed by atoms with Gasteiger partial charge in [-0.1, -0.05) is 12.1 Å². The van der Waals surface area contributed by atoms with Crippen molar-refractivity contribution in [3.8, 4) is 5.75 Å². The third-order valence-corrected chi connectivity index (χ3v) is 2.21. The van der Waals surface area contributed by atoms with Gasteiger partial charge in [0.1, 0.15) is 17.7 Å². The summed E-state index contributed by atoms with van der Waals surface area (Å²) in [7, 11) is 0. The second-order valence-corrected chi connectivity index (χ2v) is 3.52. The fourth-order valence-electron chi connectivity index (χ4n) is 1.29. The summed E-state index contributed by atoms with van der Waals surface area (Å²) in [5.74, 6) is -1.66. The van der Waals surface area contributed by atoms with Crippen LogP contribution in [0.4, 0.5) is 8.78 Å². The molecule has 0 radical (unpaired) electrons. The largest absolute Gasteiger partial charge is 0.490 e. The highest BCUT2D eigenvalue weighted by molar-refractivity contribution is 5.80. The van der Waals surface area contributed by atoms with Crippen molar-refractivity contribution in [3.05, 3.63) is 29.8 Å². The first-order valence-electron chi connectivity index (χ1n) is 5.15. The minimum absolute atomic E-state index is 0.0273. The van der Waals surface area contributed by atoms with E-state index in [9.17, 15) is 8.78 Å². The number of ether oxygens (including phenoxy) is 1. The SMILES string of the molecule is CCC(C/C(N)=N/O)Oc1ccc(F)c(F)c1. The molecule has 0 aromatic heterocycles. The van der Waals surface area contributed by atoms with E-state index in [1.54, 1.807) is 0 Å². The minimum Gasteiger partial charge on any atom is -0.490 e. The number of nitrogens with zero attached hydrogens (tertiary/aromatic N) is 1. The molecule has 4 nitrogen and oxygen atoms in total. The van der Waals surface area contributed by atoms with Crippen molar-refractivity contribution in [3.63, 3.8) is 0 Å². The summed E-state index contributed by atoms with van der Waals surface area (Å²) in [4.78, 5) is 0. The van der Waals surface area contributed by atoms with Crippen LogP contribution in [-0.4, -0.2) is 17.1 Å². The normalized spacial score (nSPS) is 13.5. The molecule has 0 aliphatic carbocycles. The molecular formula is C11H14F2N2O2. The second-order valence-electron chi connectivity index (χ2n) is 3.52. The smallest absolute Gasteiger partial charge is 0.162 e. The van der Waals surface area contributed by atoms with Crippen LogP contribution in [0.15, 0.2) is 23.4 Å². The molecule has 1 aromatic rings. The standard InChI is InChI=1S/C11H14F2N2O2/c1-2-7(6-11(14)15-16)17-8-3-4-9(12)10(13)5-8/h3-5,7,16H,2,6H2,1H3,(H2,14,15). The molecule has 1 aromatic carbocycles. The molecule has 0 saturated carbocycles. The van der Waals surface area contributed by atoms with Gasteiger partial charge >= 0.3 is 0 Å². The third-order valence-electron chi connectivity index (χ3n) is 2.21. The van der Waals surface area contributed by atoms with Crippen molar-refractivity contribution in [2.45, 2.75) is 25.9 Å². The lowest BCUT2D eigenvalue weighted by Crippen LogP contribution is -2.24. The Labute approximate surface area is 97.7 Å². The lowest BCUT2D eigenvalue weighted by molar-refractivity contribution is 0.201. The van der Waals surface area contributed by atoms with Crippen molar-refractivity contribution >= 4 is 5.84 Å². The Morgan fingerprint density at radius 1 is 1.47 bits per heavy atom. The predicted octanol–water partition coefficient (Wildman–Crippen LogP) is 2.26. The van der Waals surface area contributed by atoms with Crippen LogP contribution in [0.1, 0.15) is 19.8 Å². The summed E-state index contributed by atoms with van der Waals surface area (Å²) >= 11 is 0. The molecule has 0 saturated heterocycles. The number of halogens is 2. The van der Waals surface area contributed by atoms with Gasteiger partial charge in [-0.05, 0) is 18.6 Å². The zero-order chi connectivity index (χ0) is 12.8. The first kappa shape index (κ1) is 13.2. The molecule has 0 aliphatic heterocycles. The third kappa shape index (κ3) is 3.90. The zero-order valence-electron chi connectivity index (χ0n) is 9.36. The molecule has 0 spiro atoms. The zero-order valence-corrected chi connectivity index (χ0v) is 9.36. The van der Waals surface area contributed by atoms with Crippen LogP contribution in [0.5, 0.6) is 5.75 Å². The molecule has 0 heterocycles. The van der Waals surface area contributed by atoms with E-state index in [0.29, 0.717) is 6.42 Å². The van der Waals surface area contributed by atoms with Crippen LogP contribution >= 0.6 is 0 Å². The van der Waals surface area contributed by atoms with Crippen molar-refractivity contribution in [1.82, 2.24) is 0 Å². The highest BCUT2D eigenvalue weighted by atomic mass is 19.2. The van der Waals surface area contributed by atoms with Crippen LogP contribution in [0, 0.1) is 11.6 Å². The summed E-state index contributed by atoms with van der Waals surface area (Å²) in [5.41, 5.74) is 5.34. The van der Waals surface area contributed by atoms with E-state index in [1.165, 1.54) is 6.07 Å². The Morgan fingerprint density at radius 3 is 2.71 bits per heavy atom. The molecule has 3 N–H and O–H groups in total. The number of hydrogen-bond acceptors (Lipinski definition) is 3. The molecule has 1 rings (SSSR count). The summed E-state index contributed by atoms with van der Waals surface area (Å²) in [6.07, 6.45) is 0.456. The minimum atomic E-state index is -0.971. The average Bonchev–Trinajstić information content (AvgIpc) is 2.32. The van der Waals surface area contributed by atoms with Gasteiger partial charge in [-0.3, -0.25) is 0 Å². The molecule has 0 fully saturated rings. The van der Waals surface area contributed by atoms with Gasteiger partial charge in [0, 0.05) is 12.5 Å². The number of rotatable bonds is 5. The van der Waals surface area contributed by atoms with Gasteiger partial charge in [-0.2, -0.15) is 0 Å². The van der Waals surface area contributed by atoms with Gasteiger partial charge < -0.3 is 15.7 Å². The second kappa shape index (κ2) is 6.03. The van der Waals surface area contributed by atoms with E-state index in [0.717, 1.165) is 12.1 Å². The van der Waals surface area contributed by atoms with E-state index in [4.69, 9.17) is 15.7 Å². The van der Waals surface area contributed by atoms with Crippen LogP contribution in [0.3, 0.4) is 0 Å². The van der Waals surface area contributed by atoms with Crippen molar-refractivity contribution in [1.29, 1.82) is 0 Å². The van der Waals surface area contributed by atoms with Gasteiger partial charge in [0.05, 0.1) is 0 Å². The lowest BCUT2D eigenvalue weighted by atomic mass is 10.2. The fraction of sp³-hybridized carbons (Fsp3) is 0.364. The monoisotopic (exact) mass is 244 g/mol. The molecule has 0 amide bonds. The molecular weight excluding hydrogens is 230 g/mol. The van der Waals surface area contributed by atoms with E-state index >= 15 is 0 Å². The Kier molecular flexibility index (Phi) is 4.68. The molecule has 1 unspecified atom stereocenters. The number of oxime groups is 1. The van der Waals surface area contributed by atoms with Gasteiger partial charge in [-0.25, -0.2) is 8.78 Å². The summed E-state index contributed by atoms with van der Waals surface area (Å²) in [6.45, 7) is 1.84. The maximum atomic E-state index is 12.9. The van der Waals surface area contributed by atoms with Gasteiger partial charge in [0.15, 0.2) is 11.6 Å². The maximum absolute atomic E-state index is 12.9. The molecule has 0 bridgehead atoms. The van der Waals surface area contributed by atoms with Crippen molar-refractivity contribution < 1.29 is 18.7 Å². The van der Waals surface area contributed by atoms with Crippen LogP contribution in [0.2, 0.25) is 0 Å². The lowest BCUT2D eigenvalue weighted by Gasteiger charge is -2.16. The van der Waals surface area contributed by atoms with E-state index in [-0.39, 0.29) is 24.1 Å². The summed E-state index contributed by atoms with van der Waals surface area (Å²) in [6, 6.07) is 3.28. The van der Waals surface area contributed by atoms with E-state index in [1.807, 2.05) is 6.92 Å². The number of benzene rings is 1. The van der Waals surface area contributed by atoms with Gasteiger partial charge in [0.25, 0.3) is 0 Å². The van der Waals surface area contributed by atoms with Crippen LogP contribution < -0.4 is 10.5 Å². The number of hydrogen-bond donors (Lipinski definition) is 2. The van der Waals surface area contributed by atoms with Gasteiger partial charge in [-0.15, -0.1) is 0 Å². The Bertz CT molecular complexity index is 410. The number of amidine groups is 1. The Hall–Kier alpha value is -1.85. The first-order valence-corrected chi connectivity index (χ1v) is 5.15. The van der Waals surface area contributed by atoms with Crippen molar-refractivity contribution in [2.24, 2.45) is 10.9 Å². The number of nitrogens with two attached hydrogens (primary N) is 1. The molecule has 1 atom stereocenters. The van der Waals surface area contributed by atoms with Crippen molar-refractivity contribution in [2.75, 3.05) is 0 Å². The van der Waals surface area contributed by atoms with E-state index in [2.05, 4.69) is 5.16 Å². The topological polar surface area (TPSA) is 67.8 Å². The molecule has 94 valence electrons. The highest BCUT2D eigenvalue weighted by Crippen LogP contribution is 2.18. The Balaban J connectivity index is 2.70. The fourth-order valence-corrected chi connectivity index (χ4v) is 1.29. The average molecular weight is 244 g/mol. The predicted molar refractivity (Wildman–Crippen MR) is 59.1 cm³/mol. The summed E-state index contributed by atoms with van der Waals surface area (Å²) < 4.78 is 31.0. The van der Waals surface area contributed by atoms with E-state index < -0.39 is 11.6 Å².